The highest BCUT2D eigenvalue weighted by Gasteiger charge is 2.46. The molecule has 0 amide bonds. The van der Waals surface area contributed by atoms with Crippen molar-refractivity contribution in [3.63, 3.8) is 0 Å². The minimum Gasteiger partial charge on any atom is -0.508 e. The molecule has 3 aromatic rings. The molecule has 7 N–H and O–H groups in total. The zero-order valence-corrected chi connectivity index (χ0v) is 19.3. The Morgan fingerprint density at radius 3 is 2.26 bits per heavy atom. The number of aromatic hydroxyl groups is 3. The van der Waals surface area contributed by atoms with Crippen LogP contribution in [0.3, 0.4) is 0 Å². The molecule has 1 aromatic heterocycles. The third kappa shape index (κ3) is 5.33. The lowest BCUT2D eigenvalue weighted by Gasteiger charge is -2.39. The number of rotatable bonds is 7. The van der Waals surface area contributed by atoms with Gasteiger partial charge in [-0.05, 0) is 24.3 Å². The van der Waals surface area contributed by atoms with Gasteiger partial charge in [-0.2, -0.15) is 0 Å². The fourth-order valence-corrected chi connectivity index (χ4v) is 3.75. The second-order valence-electron chi connectivity index (χ2n) is 8.35. The number of hydrogen-bond donors (Lipinski definition) is 7. The van der Waals surface area contributed by atoms with Crippen LogP contribution >= 0.6 is 0 Å². The molecule has 1 aliphatic rings. The summed E-state index contributed by atoms with van der Waals surface area (Å²) >= 11 is 0. The standard InChI is InChI=1S/C24H22O14/c25-10-3-1-9(2-4-10)12-5-11(26)18-13(36-12)6-14(19(30)21(18)32)37-24-23(34)22(33)20(31)15(38-24)8-35-17(29)7-16(27)28/h1-6,15,20,22-25,30-34H,7-8H2,(H,27,28)/t15-,20-,22+,23+,24-/m1/s1. The van der Waals surface area contributed by atoms with Crippen molar-refractivity contribution in [3.05, 3.63) is 46.6 Å². The number of carbonyl (C=O) groups excluding carboxylic acids is 1. The van der Waals surface area contributed by atoms with Crippen LogP contribution in [0, 0.1) is 0 Å². The van der Waals surface area contributed by atoms with Gasteiger partial charge in [-0.3, -0.25) is 14.4 Å². The van der Waals surface area contributed by atoms with Crippen LogP contribution in [0.1, 0.15) is 6.42 Å². The van der Waals surface area contributed by atoms with Crippen LogP contribution in [0.25, 0.3) is 22.3 Å². The largest absolute Gasteiger partial charge is 0.508 e. The first-order chi connectivity index (χ1) is 18.0. The van der Waals surface area contributed by atoms with Gasteiger partial charge in [-0.25, -0.2) is 0 Å². The lowest BCUT2D eigenvalue weighted by atomic mass is 9.99. The molecule has 0 aliphatic carbocycles. The summed E-state index contributed by atoms with van der Waals surface area (Å²) < 4.78 is 21.2. The van der Waals surface area contributed by atoms with E-state index in [9.17, 15) is 45.0 Å². The van der Waals surface area contributed by atoms with Gasteiger partial charge in [0.05, 0.1) is 0 Å². The fraction of sp³-hybridized carbons (Fsp3) is 0.292. The highest BCUT2D eigenvalue weighted by molar-refractivity contribution is 5.90. The minimum absolute atomic E-state index is 0.0246. The first-order valence-electron chi connectivity index (χ1n) is 11.0. The number of fused-ring (bicyclic) bond motifs is 1. The van der Waals surface area contributed by atoms with Gasteiger partial charge in [0, 0.05) is 17.7 Å². The highest BCUT2D eigenvalue weighted by atomic mass is 16.7. The maximum Gasteiger partial charge on any atom is 0.317 e. The van der Waals surface area contributed by atoms with Crippen molar-refractivity contribution in [3.8, 4) is 34.3 Å². The predicted molar refractivity (Wildman–Crippen MR) is 123 cm³/mol. The van der Waals surface area contributed by atoms with Crippen molar-refractivity contribution in [1.29, 1.82) is 0 Å². The summed E-state index contributed by atoms with van der Waals surface area (Å²) in [5.74, 6) is -4.96. The number of aliphatic hydroxyl groups is 3. The summed E-state index contributed by atoms with van der Waals surface area (Å²) in [4.78, 5) is 34.8. The molecule has 0 radical (unpaired) electrons. The Labute approximate surface area is 212 Å². The van der Waals surface area contributed by atoms with Gasteiger partial charge >= 0.3 is 11.9 Å². The molecule has 4 rings (SSSR count). The summed E-state index contributed by atoms with van der Waals surface area (Å²) in [5.41, 5.74) is -0.555. The number of phenolic OH excluding ortho intramolecular Hbond substituents is 3. The van der Waals surface area contributed by atoms with E-state index >= 15 is 0 Å². The van der Waals surface area contributed by atoms with E-state index < -0.39 is 78.3 Å². The molecule has 0 saturated carbocycles. The molecule has 0 spiro atoms. The Kier molecular flexibility index (Phi) is 7.41. The maximum atomic E-state index is 12.7. The van der Waals surface area contributed by atoms with E-state index in [1.165, 1.54) is 24.3 Å². The fourth-order valence-electron chi connectivity index (χ4n) is 3.75. The summed E-state index contributed by atoms with van der Waals surface area (Å²) in [6, 6.07) is 7.75. The van der Waals surface area contributed by atoms with E-state index in [0.29, 0.717) is 5.56 Å². The third-order valence-corrected chi connectivity index (χ3v) is 5.70. The number of aliphatic carboxylic acids is 1. The molecule has 2 heterocycles. The molecule has 2 aromatic carbocycles. The molecule has 38 heavy (non-hydrogen) atoms. The van der Waals surface area contributed by atoms with E-state index in [2.05, 4.69) is 0 Å². The van der Waals surface area contributed by atoms with Crippen LogP contribution in [0.2, 0.25) is 0 Å². The predicted octanol–water partition coefficient (Wildman–Crippen LogP) is -0.219. The second-order valence-corrected chi connectivity index (χ2v) is 8.35. The zero-order chi connectivity index (χ0) is 27.7. The number of carboxylic acid groups (broad SMARTS) is 1. The highest BCUT2D eigenvalue weighted by Crippen LogP contribution is 2.42. The number of esters is 1. The molecule has 1 saturated heterocycles. The Hall–Kier alpha value is -4.37. The van der Waals surface area contributed by atoms with Crippen molar-refractivity contribution in [2.75, 3.05) is 6.61 Å². The normalized spacial score (nSPS) is 23.2. The Morgan fingerprint density at radius 1 is 0.921 bits per heavy atom. The molecular formula is C24H22O14. The summed E-state index contributed by atoms with van der Waals surface area (Å²) in [7, 11) is 0. The molecule has 1 fully saturated rings. The molecule has 5 atom stereocenters. The van der Waals surface area contributed by atoms with Gasteiger partial charge in [0.25, 0.3) is 0 Å². The Balaban J connectivity index is 1.63. The molecule has 1 aliphatic heterocycles. The topological polar surface area (TPSA) is 234 Å². The van der Waals surface area contributed by atoms with Crippen molar-refractivity contribution in [1.82, 2.24) is 0 Å². The second kappa shape index (κ2) is 10.5. The van der Waals surface area contributed by atoms with E-state index in [1.54, 1.807) is 0 Å². The van der Waals surface area contributed by atoms with Crippen LogP contribution in [0.5, 0.6) is 23.0 Å². The van der Waals surface area contributed by atoms with E-state index in [4.69, 9.17) is 23.7 Å². The maximum absolute atomic E-state index is 12.7. The average Bonchev–Trinajstić information content (AvgIpc) is 2.86. The quantitative estimate of drug-likeness (QED) is 0.118. The zero-order valence-electron chi connectivity index (χ0n) is 19.3. The first-order valence-corrected chi connectivity index (χ1v) is 11.0. The van der Waals surface area contributed by atoms with Gasteiger partial charge in [-0.1, -0.05) is 0 Å². The molecule has 14 nitrogen and oxygen atoms in total. The van der Waals surface area contributed by atoms with Crippen LogP contribution in [0.4, 0.5) is 0 Å². The van der Waals surface area contributed by atoms with Crippen molar-refractivity contribution in [2.24, 2.45) is 0 Å². The molecule has 202 valence electrons. The van der Waals surface area contributed by atoms with Gasteiger partial charge in [0.1, 0.15) is 59.9 Å². The number of hydrogen-bond acceptors (Lipinski definition) is 13. The van der Waals surface area contributed by atoms with Crippen molar-refractivity contribution < 1.29 is 64.0 Å². The Morgan fingerprint density at radius 2 is 1.61 bits per heavy atom. The SMILES string of the molecule is O=C(O)CC(=O)OC[C@H]1O[C@@H](Oc2cc3oc(-c4ccc(O)cc4)cc(=O)c3c(O)c2O)[C@@H](O)[C@@H](O)[C@@H]1O. The summed E-state index contributed by atoms with van der Waals surface area (Å²) in [5, 5.41) is 69.3. The smallest absolute Gasteiger partial charge is 0.317 e. The van der Waals surface area contributed by atoms with Crippen LogP contribution in [-0.2, 0) is 19.1 Å². The lowest BCUT2D eigenvalue weighted by molar-refractivity contribution is -0.278. The average molecular weight is 534 g/mol. The number of carboxylic acids is 1. The Bertz CT molecular complexity index is 1410. The van der Waals surface area contributed by atoms with E-state index in [-0.39, 0.29) is 22.5 Å². The number of ether oxygens (including phenoxy) is 3. The van der Waals surface area contributed by atoms with E-state index in [1.807, 2.05) is 0 Å². The minimum atomic E-state index is -1.90. The van der Waals surface area contributed by atoms with Gasteiger partial charge in [0.15, 0.2) is 16.9 Å². The molecule has 14 heteroatoms. The number of aliphatic hydroxyl groups excluding tert-OH is 3. The van der Waals surface area contributed by atoms with Gasteiger partial charge < -0.3 is 54.4 Å². The van der Waals surface area contributed by atoms with Gasteiger partial charge in [0.2, 0.25) is 12.0 Å². The number of carbonyl (C=O) groups is 2. The number of phenols is 3. The third-order valence-electron chi connectivity index (χ3n) is 5.70. The molecule has 0 bridgehead atoms. The summed E-state index contributed by atoms with van der Waals surface area (Å²) in [6.45, 7) is -0.712. The lowest BCUT2D eigenvalue weighted by Crippen LogP contribution is -2.60. The first kappa shape index (κ1) is 26.7. The monoisotopic (exact) mass is 534 g/mol. The van der Waals surface area contributed by atoms with Crippen LogP contribution < -0.4 is 10.2 Å². The van der Waals surface area contributed by atoms with Gasteiger partial charge in [-0.15, -0.1) is 0 Å². The van der Waals surface area contributed by atoms with Crippen LogP contribution in [0.15, 0.2) is 45.6 Å². The summed E-state index contributed by atoms with van der Waals surface area (Å²) in [6.07, 6.45) is -9.80. The van der Waals surface area contributed by atoms with Crippen molar-refractivity contribution >= 4 is 22.9 Å². The van der Waals surface area contributed by atoms with E-state index in [0.717, 1.165) is 12.1 Å². The molecule has 0 unspecified atom stereocenters. The molecular weight excluding hydrogens is 512 g/mol. The van der Waals surface area contributed by atoms with Crippen LogP contribution in [-0.4, -0.2) is 85.0 Å². The number of benzene rings is 2. The van der Waals surface area contributed by atoms with Crippen molar-refractivity contribution in [2.45, 2.75) is 37.1 Å².